The summed E-state index contributed by atoms with van der Waals surface area (Å²) < 4.78 is 0. The Labute approximate surface area is 149 Å². The van der Waals surface area contributed by atoms with Crippen molar-refractivity contribution in [3.05, 3.63) is 71.8 Å². The van der Waals surface area contributed by atoms with Crippen LogP contribution in [0.1, 0.15) is 36.3 Å². The molecule has 1 aliphatic heterocycles. The molecule has 4 rings (SSSR count). The average molecular weight is 334 g/mol. The number of carbonyl (C=O) groups excluding carboxylic acids is 1. The minimum Gasteiger partial charge on any atom is -0.341 e. The Balaban J connectivity index is 1.59. The summed E-state index contributed by atoms with van der Waals surface area (Å²) in [5, 5.41) is 0. The molecule has 0 aromatic heterocycles. The number of likely N-dealkylation sites (tertiary alicyclic amines) is 1. The van der Waals surface area contributed by atoms with E-state index in [0.29, 0.717) is 24.3 Å². The highest BCUT2D eigenvalue weighted by Crippen LogP contribution is 2.46. The topological polar surface area (TPSA) is 46.3 Å². The average Bonchev–Trinajstić information content (AvgIpc) is 3.07. The zero-order chi connectivity index (χ0) is 17.3. The van der Waals surface area contributed by atoms with Gasteiger partial charge >= 0.3 is 0 Å². The van der Waals surface area contributed by atoms with E-state index in [0.717, 1.165) is 32.4 Å². The molecule has 130 valence electrons. The maximum Gasteiger partial charge on any atom is 0.233 e. The highest BCUT2D eigenvalue weighted by molar-refractivity contribution is 5.89. The molecule has 1 saturated heterocycles. The maximum absolute atomic E-state index is 13.5. The molecule has 2 aromatic carbocycles. The van der Waals surface area contributed by atoms with E-state index in [1.54, 1.807) is 0 Å². The van der Waals surface area contributed by atoms with Gasteiger partial charge in [-0.25, -0.2) is 0 Å². The monoisotopic (exact) mass is 334 g/mol. The molecule has 2 aromatic rings. The first-order chi connectivity index (χ1) is 12.2. The molecule has 0 bridgehead atoms. The molecule has 3 heteroatoms. The molecule has 2 fully saturated rings. The summed E-state index contributed by atoms with van der Waals surface area (Å²) in [6, 6.07) is 20.9. The first-order valence-electron chi connectivity index (χ1n) is 9.34. The minimum atomic E-state index is -0.300. The van der Waals surface area contributed by atoms with Crippen LogP contribution in [0.4, 0.5) is 0 Å². The molecular formula is C22H26N2O. The van der Waals surface area contributed by atoms with Crippen molar-refractivity contribution >= 4 is 5.91 Å². The van der Waals surface area contributed by atoms with Crippen molar-refractivity contribution in [3.8, 4) is 0 Å². The number of nitrogens with two attached hydrogens (primary N) is 1. The second-order valence-electron chi connectivity index (χ2n) is 7.52. The van der Waals surface area contributed by atoms with Crippen LogP contribution < -0.4 is 5.73 Å². The van der Waals surface area contributed by atoms with E-state index in [1.165, 1.54) is 11.1 Å². The second-order valence-corrected chi connectivity index (χ2v) is 7.52. The predicted molar refractivity (Wildman–Crippen MR) is 100 cm³/mol. The van der Waals surface area contributed by atoms with Gasteiger partial charge in [0.2, 0.25) is 5.91 Å². The number of hydrogen-bond donors (Lipinski definition) is 1. The van der Waals surface area contributed by atoms with Gasteiger partial charge in [-0.1, -0.05) is 67.1 Å². The molecular weight excluding hydrogens is 308 g/mol. The highest BCUT2D eigenvalue weighted by atomic mass is 16.2. The van der Waals surface area contributed by atoms with E-state index in [4.69, 9.17) is 5.73 Å². The minimum absolute atomic E-state index is 0.300. The van der Waals surface area contributed by atoms with Crippen molar-refractivity contribution in [2.75, 3.05) is 19.6 Å². The Morgan fingerprint density at radius 3 is 2.20 bits per heavy atom. The van der Waals surface area contributed by atoms with Gasteiger partial charge in [0.25, 0.3) is 0 Å². The van der Waals surface area contributed by atoms with Gasteiger partial charge in [-0.3, -0.25) is 4.79 Å². The summed E-state index contributed by atoms with van der Waals surface area (Å²) in [5.74, 6) is 1.00. The highest BCUT2D eigenvalue weighted by Gasteiger charge is 2.49. The standard InChI is InChI=1S/C22H26N2O/c23-14-18-15-24(16-20(18)17-8-3-1-4-9-17)21(25)22(12-7-13-22)19-10-5-2-6-11-19/h1-6,8-11,18,20H,7,12-16,23H2/t18-,20+/m1/s1. The van der Waals surface area contributed by atoms with Crippen LogP contribution in [0.25, 0.3) is 0 Å². The molecule has 0 unspecified atom stereocenters. The third-order valence-electron chi connectivity index (χ3n) is 6.20. The van der Waals surface area contributed by atoms with E-state index >= 15 is 0 Å². The third kappa shape index (κ3) is 2.77. The van der Waals surface area contributed by atoms with Gasteiger partial charge in [-0.2, -0.15) is 0 Å². The lowest BCUT2D eigenvalue weighted by atomic mass is 9.63. The van der Waals surface area contributed by atoms with Crippen LogP contribution in [0.15, 0.2) is 60.7 Å². The van der Waals surface area contributed by atoms with Crippen LogP contribution in [0.2, 0.25) is 0 Å². The predicted octanol–water partition coefficient (Wildman–Crippen LogP) is 3.31. The number of benzene rings is 2. The van der Waals surface area contributed by atoms with E-state index in [-0.39, 0.29) is 5.41 Å². The van der Waals surface area contributed by atoms with Gasteiger partial charge in [0.1, 0.15) is 0 Å². The molecule has 1 amide bonds. The molecule has 1 saturated carbocycles. The first kappa shape index (κ1) is 16.3. The van der Waals surface area contributed by atoms with Gasteiger partial charge < -0.3 is 10.6 Å². The Morgan fingerprint density at radius 1 is 1.00 bits per heavy atom. The van der Waals surface area contributed by atoms with E-state index < -0.39 is 0 Å². The number of nitrogens with zero attached hydrogens (tertiary/aromatic N) is 1. The molecule has 2 aliphatic rings. The molecule has 2 atom stereocenters. The molecule has 2 N–H and O–H groups in total. The van der Waals surface area contributed by atoms with E-state index in [2.05, 4.69) is 41.3 Å². The normalized spacial score (nSPS) is 24.8. The Morgan fingerprint density at radius 2 is 1.64 bits per heavy atom. The van der Waals surface area contributed by atoms with Gasteiger partial charge in [-0.05, 0) is 36.4 Å². The van der Waals surface area contributed by atoms with Gasteiger partial charge in [0.05, 0.1) is 5.41 Å². The second kappa shape index (κ2) is 6.64. The summed E-state index contributed by atoms with van der Waals surface area (Å²) in [5.41, 5.74) is 8.23. The van der Waals surface area contributed by atoms with Crippen molar-refractivity contribution in [1.29, 1.82) is 0 Å². The molecule has 1 aliphatic carbocycles. The fraction of sp³-hybridized carbons (Fsp3) is 0.409. The Kier molecular flexibility index (Phi) is 4.34. The summed E-state index contributed by atoms with van der Waals surface area (Å²) >= 11 is 0. The van der Waals surface area contributed by atoms with Crippen molar-refractivity contribution in [3.63, 3.8) is 0 Å². The Bertz CT molecular complexity index is 724. The number of carbonyl (C=O) groups is 1. The van der Waals surface area contributed by atoms with Crippen LogP contribution in [0.5, 0.6) is 0 Å². The van der Waals surface area contributed by atoms with E-state index in [1.807, 2.05) is 24.3 Å². The van der Waals surface area contributed by atoms with Crippen LogP contribution in [0, 0.1) is 5.92 Å². The summed E-state index contributed by atoms with van der Waals surface area (Å²) in [7, 11) is 0. The van der Waals surface area contributed by atoms with Gasteiger partial charge in [-0.15, -0.1) is 0 Å². The first-order valence-corrected chi connectivity index (χ1v) is 9.34. The zero-order valence-corrected chi connectivity index (χ0v) is 14.6. The van der Waals surface area contributed by atoms with Crippen LogP contribution in [-0.2, 0) is 10.2 Å². The fourth-order valence-electron chi connectivity index (χ4n) is 4.57. The van der Waals surface area contributed by atoms with Gasteiger partial charge in [0, 0.05) is 19.0 Å². The Hall–Kier alpha value is -2.13. The lowest BCUT2D eigenvalue weighted by Crippen LogP contribution is -2.50. The smallest absolute Gasteiger partial charge is 0.233 e. The maximum atomic E-state index is 13.5. The van der Waals surface area contributed by atoms with Crippen molar-refractivity contribution in [1.82, 2.24) is 4.90 Å². The summed E-state index contributed by atoms with van der Waals surface area (Å²) in [6.45, 7) is 2.20. The number of rotatable bonds is 4. The van der Waals surface area contributed by atoms with Crippen LogP contribution in [0.3, 0.4) is 0 Å². The quantitative estimate of drug-likeness (QED) is 0.932. The van der Waals surface area contributed by atoms with Crippen molar-refractivity contribution < 1.29 is 4.79 Å². The lowest BCUT2D eigenvalue weighted by Gasteiger charge is -2.43. The van der Waals surface area contributed by atoms with Crippen molar-refractivity contribution in [2.45, 2.75) is 30.6 Å². The number of hydrogen-bond acceptors (Lipinski definition) is 2. The molecule has 0 radical (unpaired) electrons. The molecule has 1 heterocycles. The van der Waals surface area contributed by atoms with Crippen molar-refractivity contribution in [2.24, 2.45) is 11.7 Å². The number of amides is 1. The molecule has 0 spiro atoms. The SMILES string of the molecule is NC[C@@H]1CN(C(=O)C2(c3ccccc3)CCC2)C[C@H]1c1ccccc1. The lowest BCUT2D eigenvalue weighted by molar-refractivity contribution is -0.140. The largest absolute Gasteiger partial charge is 0.341 e. The van der Waals surface area contributed by atoms with E-state index in [9.17, 15) is 4.79 Å². The molecule has 3 nitrogen and oxygen atoms in total. The third-order valence-corrected chi connectivity index (χ3v) is 6.20. The summed E-state index contributed by atoms with van der Waals surface area (Å²) in [4.78, 5) is 15.6. The van der Waals surface area contributed by atoms with Crippen LogP contribution in [-0.4, -0.2) is 30.4 Å². The zero-order valence-electron chi connectivity index (χ0n) is 14.6. The molecule has 25 heavy (non-hydrogen) atoms. The summed E-state index contributed by atoms with van der Waals surface area (Å²) in [6.07, 6.45) is 3.07. The van der Waals surface area contributed by atoms with Crippen LogP contribution >= 0.6 is 0 Å². The fourth-order valence-corrected chi connectivity index (χ4v) is 4.57. The van der Waals surface area contributed by atoms with Gasteiger partial charge in [0.15, 0.2) is 0 Å².